The highest BCUT2D eigenvalue weighted by molar-refractivity contribution is 6.30. The lowest BCUT2D eigenvalue weighted by Crippen LogP contribution is -2.37. The molecule has 3 nitrogen and oxygen atoms in total. The number of nitrogens with zero attached hydrogens (tertiary/aromatic N) is 1. The first kappa shape index (κ1) is 18.1. The third kappa shape index (κ3) is 6.54. The van der Waals surface area contributed by atoms with Gasteiger partial charge in [-0.05, 0) is 36.7 Å². The fourth-order valence-corrected chi connectivity index (χ4v) is 2.22. The molecule has 0 spiro atoms. The first-order valence-electron chi connectivity index (χ1n) is 6.79. The molecule has 0 amide bonds. The molecule has 0 aliphatic carbocycles. The van der Waals surface area contributed by atoms with E-state index in [1.54, 1.807) is 18.2 Å². The Kier molecular flexibility index (Phi) is 7.28. The van der Waals surface area contributed by atoms with E-state index in [1.807, 2.05) is 6.92 Å². The summed E-state index contributed by atoms with van der Waals surface area (Å²) in [5, 5.41) is 12.6. The molecule has 1 aromatic carbocycles. The second-order valence-corrected chi connectivity index (χ2v) is 5.15. The molecular formula is C14H20ClF3N2O. The summed E-state index contributed by atoms with van der Waals surface area (Å²) >= 11 is 5.93. The number of aliphatic hydroxyl groups excluding tert-OH is 1. The van der Waals surface area contributed by atoms with E-state index in [0.29, 0.717) is 22.8 Å². The highest BCUT2D eigenvalue weighted by Crippen LogP contribution is 2.27. The van der Waals surface area contributed by atoms with E-state index in [-0.39, 0.29) is 13.2 Å². The molecule has 0 unspecified atom stereocenters. The summed E-state index contributed by atoms with van der Waals surface area (Å²) in [7, 11) is 0. The van der Waals surface area contributed by atoms with Gasteiger partial charge in [-0.25, -0.2) is 0 Å². The number of anilines is 1. The van der Waals surface area contributed by atoms with Gasteiger partial charge in [0.2, 0.25) is 0 Å². The molecule has 0 atom stereocenters. The molecule has 1 rings (SSSR count). The van der Waals surface area contributed by atoms with Gasteiger partial charge in [-0.1, -0.05) is 18.5 Å². The highest BCUT2D eigenvalue weighted by atomic mass is 35.5. The van der Waals surface area contributed by atoms with Gasteiger partial charge >= 0.3 is 6.18 Å². The van der Waals surface area contributed by atoms with Crippen LogP contribution in [0.2, 0.25) is 5.02 Å². The van der Waals surface area contributed by atoms with E-state index in [2.05, 4.69) is 5.32 Å². The largest absolute Gasteiger partial charge is 0.405 e. The van der Waals surface area contributed by atoms with Crippen LogP contribution in [0.4, 0.5) is 18.9 Å². The van der Waals surface area contributed by atoms with Crippen molar-refractivity contribution in [1.82, 2.24) is 5.32 Å². The van der Waals surface area contributed by atoms with Crippen LogP contribution in [0.25, 0.3) is 0 Å². The first-order chi connectivity index (χ1) is 9.87. The third-order valence-corrected chi connectivity index (χ3v) is 3.10. The minimum Gasteiger partial charge on any atom is -0.395 e. The number of aliphatic hydroxyl groups is 1. The monoisotopic (exact) mass is 324 g/mol. The van der Waals surface area contributed by atoms with Crippen molar-refractivity contribution in [3.05, 3.63) is 28.8 Å². The van der Waals surface area contributed by atoms with Crippen LogP contribution in [-0.4, -0.2) is 37.5 Å². The van der Waals surface area contributed by atoms with Gasteiger partial charge in [0.15, 0.2) is 0 Å². The molecule has 7 heteroatoms. The summed E-state index contributed by atoms with van der Waals surface area (Å²) in [6.45, 7) is 1.68. The summed E-state index contributed by atoms with van der Waals surface area (Å²) in [5.41, 5.74) is 1.13. The predicted molar refractivity (Wildman–Crippen MR) is 78.8 cm³/mol. The molecule has 0 fully saturated rings. The number of alkyl halides is 3. The Morgan fingerprint density at radius 3 is 2.62 bits per heavy atom. The van der Waals surface area contributed by atoms with Gasteiger partial charge in [0.1, 0.15) is 6.54 Å². The fourth-order valence-electron chi connectivity index (χ4n) is 2.03. The number of nitrogens with one attached hydrogen (secondary N) is 1. The van der Waals surface area contributed by atoms with Crippen LogP contribution in [0, 0.1) is 0 Å². The molecule has 1 aromatic rings. The Morgan fingerprint density at radius 1 is 1.33 bits per heavy atom. The number of benzene rings is 1. The van der Waals surface area contributed by atoms with Crippen LogP contribution in [0.1, 0.15) is 18.9 Å². The Bertz CT molecular complexity index is 441. The van der Waals surface area contributed by atoms with Crippen molar-refractivity contribution in [1.29, 1.82) is 0 Å². The number of rotatable bonds is 8. The maximum atomic E-state index is 12.7. The summed E-state index contributed by atoms with van der Waals surface area (Å²) in [4.78, 5) is 1.12. The fraction of sp³-hybridized carbons (Fsp3) is 0.571. The molecule has 0 aliphatic rings. The van der Waals surface area contributed by atoms with Crippen molar-refractivity contribution in [3.8, 4) is 0 Å². The number of hydrogen-bond acceptors (Lipinski definition) is 3. The molecular weight excluding hydrogens is 305 g/mol. The zero-order valence-corrected chi connectivity index (χ0v) is 12.6. The van der Waals surface area contributed by atoms with E-state index in [0.717, 1.165) is 17.9 Å². The van der Waals surface area contributed by atoms with Crippen LogP contribution >= 0.6 is 11.6 Å². The van der Waals surface area contributed by atoms with Crippen molar-refractivity contribution in [2.24, 2.45) is 0 Å². The lowest BCUT2D eigenvalue weighted by atomic mass is 10.1. The molecule has 0 saturated carbocycles. The average Bonchev–Trinajstić information content (AvgIpc) is 2.37. The molecule has 0 radical (unpaired) electrons. The van der Waals surface area contributed by atoms with Crippen molar-refractivity contribution in [2.45, 2.75) is 26.1 Å². The van der Waals surface area contributed by atoms with E-state index in [9.17, 15) is 13.2 Å². The lowest BCUT2D eigenvalue weighted by molar-refractivity contribution is -0.119. The molecule has 21 heavy (non-hydrogen) atoms. The SMILES string of the molecule is CCCNCc1cc(Cl)ccc1N(CCO)CC(F)(F)F. The quantitative estimate of drug-likeness (QED) is 0.721. The first-order valence-corrected chi connectivity index (χ1v) is 7.17. The molecule has 0 aromatic heterocycles. The van der Waals surface area contributed by atoms with Gasteiger partial charge in [0.05, 0.1) is 6.61 Å². The van der Waals surface area contributed by atoms with Crippen LogP contribution in [0.15, 0.2) is 18.2 Å². The van der Waals surface area contributed by atoms with E-state index in [1.165, 1.54) is 0 Å². The van der Waals surface area contributed by atoms with Gasteiger partial charge in [0, 0.05) is 23.8 Å². The molecule has 0 heterocycles. The Hall–Kier alpha value is -0.980. The molecule has 0 saturated heterocycles. The maximum absolute atomic E-state index is 12.7. The van der Waals surface area contributed by atoms with Crippen molar-refractivity contribution in [3.63, 3.8) is 0 Å². The zero-order chi connectivity index (χ0) is 15.9. The van der Waals surface area contributed by atoms with Crippen molar-refractivity contribution >= 4 is 17.3 Å². The summed E-state index contributed by atoms with van der Waals surface area (Å²) in [6.07, 6.45) is -3.40. The van der Waals surface area contributed by atoms with Crippen LogP contribution < -0.4 is 10.2 Å². The molecule has 0 aliphatic heterocycles. The second-order valence-electron chi connectivity index (χ2n) is 4.71. The summed E-state index contributed by atoms with van der Waals surface area (Å²) in [5.74, 6) is 0. The topological polar surface area (TPSA) is 35.5 Å². The maximum Gasteiger partial charge on any atom is 0.405 e. The Balaban J connectivity index is 2.99. The van der Waals surface area contributed by atoms with Gasteiger partial charge in [-0.15, -0.1) is 0 Å². The van der Waals surface area contributed by atoms with E-state index < -0.39 is 12.7 Å². The van der Waals surface area contributed by atoms with Crippen molar-refractivity contribution in [2.75, 3.05) is 31.1 Å². The zero-order valence-electron chi connectivity index (χ0n) is 11.9. The molecule has 2 N–H and O–H groups in total. The van der Waals surface area contributed by atoms with E-state index >= 15 is 0 Å². The van der Waals surface area contributed by atoms with Crippen molar-refractivity contribution < 1.29 is 18.3 Å². The molecule has 120 valence electrons. The van der Waals surface area contributed by atoms with Gasteiger partial charge < -0.3 is 15.3 Å². The number of hydrogen-bond donors (Lipinski definition) is 2. The normalized spacial score (nSPS) is 11.7. The Morgan fingerprint density at radius 2 is 2.05 bits per heavy atom. The van der Waals surface area contributed by atoms with E-state index in [4.69, 9.17) is 16.7 Å². The lowest BCUT2D eigenvalue weighted by Gasteiger charge is -2.27. The van der Waals surface area contributed by atoms with Gasteiger partial charge in [-0.2, -0.15) is 13.2 Å². The smallest absolute Gasteiger partial charge is 0.395 e. The van der Waals surface area contributed by atoms with Crippen LogP contribution in [0.5, 0.6) is 0 Å². The summed E-state index contributed by atoms with van der Waals surface area (Å²) < 4.78 is 38.0. The third-order valence-electron chi connectivity index (χ3n) is 2.86. The second kappa shape index (κ2) is 8.46. The highest BCUT2D eigenvalue weighted by Gasteiger charge is 2.31. The Labute approximate surface area is 127 Å². The predicted octanol–water partition coefficient (Wildman–Crippen LogP) is 3.20. The number of halogens is 4. The van der Waals surface area contributed by atoms with Gasteiger partial charge in [0.25, 0.3) is 0 Å². The summed E-state index contributed by atoms with van der Waals surface area (Å²) in [6, 6.07) is 4.77. The molecule has 0 bridgehead atoms. The minimum absolute atomic E-state index is 0.0814. The minimum atomic E-state index is -4.33. The van der Waals surface area contributed by atoms with Crippen LogP contribution in [-0.2, 0) is 6.54 Å². The van der Waals surface area contributed by atoms with Crippen LogP contribution in [0.3, 0.4) is 0 Å². The average molecular weight is 325 g/mol. The standard InChI is InChI=1S/C14H20ClF3N2O/c1-2-5-19-9-11-8-12(15)3-4-13(11)20(6-7-21)10-14(16,17)18/h3-4,8,19,21H,2,5-7,9-10H2,1H3. The van der Waals surface area contributed by atoms with Gasteiger partial charge in [-0.3, -0.25) is 0 Å².